The number of unbranched alkanes of at least 4 members (excludes halogenated alkanes) is 1. The van der Waals surface area contributed by atoms with Gasteiger partial charge in [-0.3, -0.25) is 0 Å². The van der Waals surface area contributed by atoms with Gasteiger partial charge in [-0.1, -0.05) is 25.5 Å². The fourth-order valence-corrected chi connectivity index (χ4v) is 1.70. The van der Waals surface area contributed by atoms with Gasteiger partial charge in [-0.15, -0.1) is 0 Å². The van der Waals surface area contributed by atoms with Crippen molar-refractivity contribution >= 4 is 12.1 Å². The van der Waals surface area contributed by atoms with Crippen LogP contribution in [-0.4, -0.2) is 32.9 Å². The third-order valence-electron chi connectivity index (χ3n) is 3.00. The monoisotopic (exact) mass is 306 g/mol. The van der Waals surface area contributed by atoms with Crippen LogP contribution in [0, 0.1) is 0 Å². The fraction of sp³-hybridized carbons (Fsp3) is 0.471. The molecular weight excluding hydrogens is 280 g/mol. The number of amides is 2. The minimum absolute atomic E-state index is 0.210. The van der Waals surface area contributed by atoms with Crippen LogP contribution in [0.2, 0.25) is 0 Å². The lowest BCUT2D eigenvalue weighted by molar-refractivity contribution is 0.129. The molecule has 122 valence electrons. The Kier molecular flexibility index (Phi) is 9.54. The number of ether oxygens (including phenoxy) is 2. The van der Waals surface area contributed by atoms with Crippen LogP contribution in [0.25, 0.3) is 6.08 Å². The number of rotatable bonds is 10. The molecule has 2 N–H and O–H groups in total. The van der Waals surface area contributed by atoms with Crippen molar-refractivity contribution in [1.29, 1.82) is 0 Å². The SMILES string of the molecule is CCCCOCCCNC(=O)N/C=C/c1ccc(OC)cc1. The smallest absolute Gasteiger partial charge is 0.318 e. The van der Waals surface area contributed by atoms with Crippen molar-refractivity contribution in [3.63, 3.8) is 0 Å². The molecule has 1 aromatic carbocycles. The molecule has 0 heterocycles. The van der Waals surface area contributed by atoms with E-state index >= 15 is 0 Å². The van der Waals surface area contributed by atoms with Gasteiger partial charge in [0.15, 0.2) is 0 Å². The minimum atomic E-state index is -0.210. The molecule has 0 radical (unpaired) electrons. The van der Waals surface area contributed by atoms with Gasteiger partial charge in [0.2, 0.25) is 0 Å². The molecule has 0 atom stereocenters. The summed E-state index contributed by atoms with van der Waals surface area (Å²) in [5.74, 6) is 0.809. The largest absolute Gasteiger partial charge is 0.497 e. The van der Waals surface area contributed by atoms with E-state index in [0.29, 0.717) is 13.2 Å². The topological polar surface area (TPSA) is 59.6 Å². The van der Waals surface area contributed by atoms with E-state index in [0.717, 1.165) is 37.2 Å². The van der Waals surface area contributed by atoms with E-state index in [1.54, 1.807) is 13.3 Å². The van der Waals surface area contributed by atoms with Crippen LogP contribution in [-0.2, 0) is 4.74 Å². The summed E-state index contributed by atoms with van der Waals surface area (Å²) in [6.07, 6.45) is 6.49. The molecule has 1 rings (SSSR count). The predicted molar refractivity (Wildman–Crippen MR) is 88.9 cm³/mol. The second kappa shape index (κ2) is 11.6. The number of nitrogens with one attached hydrogen (secondary N) is 2. The van der Waals surface area contributed by atoms with Crippen LogP contribution >= 0.6 is 0 Å². The Balaban J connectivity index is 2.10. The Morgan fingerprint density at radius 2 is 1.91 bits per heavy atom. The van der Waals surface area contributed by atoms with Crippen molar-refractivity contribution in [2.45, 2.75) is 26.2 Å². The Bertz CT molecular complexity index is 444. The predicted octanol–water partition coefficient (Wildman–Crippen LogP) is 3.17. The lowest BCUT2D eigenvalue weighted by atomic mass is 10.2. The molecule has 0 saturated heterocycles. The zero-order chi connectivity index (χ0) is 16.0. The van der Waals surface area contributed by atoms with Crippen LogP contribution in [0.4, 0.5) is 4.79 Å². The van der Waals surface area contributed by atoms with E-state index in [1.165, 1.54) is 0 Å². The van der Waals surface area contributed by atoms with Crippen molar-refractivity contribution in [2.24, 2.45) is 0 Å². The number of urea groups is 1. The summed E-state index contributed by atoms with van der Waals surface area (Å²) in [7, 11) is 1.63. The van der Waals surface area contributed by atoms with Gasteiger partial charge in [0, 0.05) is 26.0 Å². The highest BCUT2D eigenvalue weighted by Crippen LogP contribution is 2.11. The van der Waals surface area contributed by atoms with Crippen molar-refractivity contribution in [1.82, 2.24) is 10.6 Å². The van der Waals surface area contributed by atoms with Gasteiger partial charge >= 0.3 is 6.03 Å². The average Bonchev–Trinajstić information content (AvgIpc) is 2.54. The molecule has 0 aliphatic carbocycles. The van der Waals surface area contributed by atoms with Crippen molar-refractivity contribution in [2.75, 3.05) is 26.9 Å². The molecule has 0 saturated carbocycles. The summed E-state index contributed by atoms with van der Waals surface area (Å²) in [5, 5.41) is 5.45. The first kappa shape index (κ1) is 18.0. The Labute approximate surface area is 132 Å². The third-order valence-corrected chi connectivity index (χ3v) is 3.00. The summed E-state index contributed by atoms with van der Waals surface area (Å²) >= 11 is 0. The van der Waals surface area contributed by atoms with Gasteiger partial charge in [-0.25, -0.2) is 4.79 Å². The highest BCUT2D eigenvalue weighted by molar-refractivity contribution is 5.75. The van der Waals surface area contributed by atoms with E-state index in [4.69, 9.17) is 9.47 Å². The molecule has 0 aliphatic heterocycles. The Morgan fingerprint density at radius 1 is 1.18 bits per heavy atom. The zero-order valence-electron chi connectivity index (χ0n) is 13.4. The molecule has 1 aromatic rings. The van der Waals surface area contributed by atoms with Crippen LogP contribution in [0.1, 0.15) is 31.7 Å². The molecule has 0 aromatic heterocycles. The van der Waals surface area contributed by atoms with Gasteiger partial charge in [-0.2, -0.15) is 0 Å². The average molecular weight is 306 g/mol. The number of methoxy groups -OCH3 is 1. The third kappa shape index (κ3) is 8.32. The Morgan fingerprint density at radius 3 is 2.59 bits per heavy atom. The van der Waals surface area contributed by atoms with E-state index in [9.17, 15) is 4.79 Å². The summed E-state index contributed by atoms with van der Waals surface area (Å²) in [4.78, 5) is 11.5. The number of hydrogen-bond donors (Lipinski definition) is 2. The maximum atomic E-state index is 11.5. The molecule has 0 bridgehead atoms. The van der Waals surface area contributed by atoms with Gasteiger partial charge in [0.05, 0.1) is 7.11 Å². The molecule has 0 unspecified atom stereocenters. The molecule has 5 heteroatoms. The van der Waals surface area contributed by atoms with Crippen LogP contribution in [0.5, 0.6) is 5.75 Å². The first-order valence-electron chi connectivity index (χ1n) is 7.69. The first-order chi connectivity index (χ1) is 10.8. The molecule has 2 amide bonds. The first-order valence-corrected chi connectivity index (χ1v) is 7.69. The van der Waals surface area contributed by atoms with Crippen LogP contribution in [0.15, 0.2) is 30.5 Å². The quantitative estimate of drug-likeness (QED) is 0.653. The van der Waals surface area contributed by atoms with Gasteiger partial charge in [0.1, 0.15) is 5.75 Å². The highest BCUT2D eigenvalue weighted by atomic mass is 16.5. The second-order valence-corrected chi connectivity index (χ2v) is 4.83. The minimum Gasteiger partial charge on any atom is -0.497 e. The van der Waals surface area contributed by atoms with Gasteiger partial charge < -0.3 is 20.1 Å². The van der Waals surface area contributed by atoms with E-state index in [1.807, 2.05) is 30.3 Å². The van der Waals surface area contributed by atoms with E-state index in [-0.39, 0.29) is 6.03 Å². The summed E-state index contributed by atoms with van der Waals surface area (Å²) in [6, 6.07) is 7.38. The zero-order valence-corrected chi connectivity index (χ0v) is 13.4. The second-order valence-electron chi connectivity index (χ2n) is 4.83. The molecule has 0 fully saturated rings. The fourth-order valence-electron chi connectivity index (χ4n) is 1.70. The summed E-state index contributed by atoms with van der Waals surface area (Å²) < 4.78 is 10.5. The lowest BCUT2D eigenvalue weighted by Crippen LogP contribution is -2.33. The molecule has 0 aliphatic rings. The summed E-state index contributed by atoms with van der Waals surface area (Å²) in [6.45, 7) is 4.22. The van der Waals surface area contributed by atoms with Crippen LogP contribution in [0.3, 0.4) is 0 Å². The summed E-state index contributed by atoms with van der Waals surface area (Å²) in [5.41, 5.74) is 0.991. The van der Waals surface area contributed by atoms with Crippen molar-refractivity contribution in [3.05, 3.63) is 36.0 Å². The van der Waals surface area contributed by atoms with Gasteiger partial charge in [0.25, 0.3) is 0 Å². The molecule has 0 spiro atoms. The van der Waals surface area contributed by atoms with E-state index in [2.05, 4.69) is 17.6 Å². The maximum absolute atomic E-state index is 11.5. The van der Waals surface area contributed by atoms with Crippen LogP contribution < -0.4 is 15.4 Å². The van der Waals surface area contributed by atoms with Crippen molar-refractivity contribution in [3.8, 4) is 5.75 Å². The molecule has 22 heavy (non-hydrogen) atoms. The van der Waals surface area contributed by atoms with E-state index < -0.39 is 0 Å². The van der Waals surface area contributed by atoms with Gasteiger partial charge in [-0.05, 0) is 36.6 Å². The number of hydrogen-bond acceptors (Lipinski definition) is 3. The molecule has 5 nitrogen and oxygen atoms in total. The molecular formula is C17H26N2O3. The normalized spacial score (nSPS) is 10.6. The number of carbonyl (C=O) groups excluding carboxylic acids is 1. The maximum Gasteiger partial charge on any atom is 0.318 e. The Hall–Kier alpha value is -2.01. The van der Waals surface area contributed by atoms with Crippen molar-refractivity contribution < 1.29 is 14.3 Å². The highest BCUT2D eigenvalue weighted by Gasteiger charge is 1.96. The lowest BCUT2D eigenvalue weighted by Gasteiger charge is -2.05. The number of carbonyl (C=O) groups is 1. The standard InChI is InChI=1S/C17H26N2O3/c1-3-4-13-22-14-5-11-18-17(20)19-12-10-15-6-8-16(21-2)9-7-15/h6-10,12H,3-5,11,13-14H2,1-2H3,(H2,18,19,20)/b12-10+. The number of benzene rings is 1.